The molecular weight excluding hydrogens is 469 g/mol. The summed E-state index contributed by atoms with van der Waals surface area (Å²) in [6, 6.07) is 9.73. The zero-order valence-electron chi connectivity index (χ0n) is 17.0. The first-order valence-corrected chi connectivity index (χ1v) is 11.0. The fourth-order valence-electron chi connectivity index (χ4n) is 3.24. The Morgan fingerprint density at radius 2 is 1.67 bits per heavy atom. The third-order valence-corrected chi connectivity index (χ3v) is 6.70. The lowest BCUT2D eigenvalue weighted by Crippen LogP contribution is -2.50. The van der Waals surface area contributed by atoms with Crippen LogP contribution < -0.4 is 10.1 Å². The number of nitrogens with one attached hydrogen (secondary N) is 1. The molecular formula is C19H19F3N4O6S. The highest BCUT2D eigenvalue weighted by molar-refractivity contribution is 7.89. The van der Waals surface area contributed by atoms with Crippen LogP contribution in [0.2, 0.25) is 0 Å². The lowest BCUT2D eigenvalue weighted by molar-refractivity contribution is -0.387. The number of hydrogen-bond donors (Lipinski definition) is 1. The molecule has 1 saturated heterocycles. The summed E-state index contributed by atoms with van der Waals surface area (Å²) in [6.07, 6.45) is -4.81. The number of carbonyl (C=O) groups excluding carboxylic acids is 1. The molecule has 0 aromatic heterocycles. The zero-order valence-corrected chi connectivity index (χ0v) is 17.8. The van der Waals surface area contributed by atoms with Gasteiger partial charge < -0.3 is 10.1 Å². The molecule has 0 saturated carbocycles. The summed E-state index contributed by atoms with van der Waals surface area (Å²) < 4.78 is 67.2. The molecule has 0 atom stereocenters. The van der Waals surface area contributed by atoms with E-state index < -0.39 is 38.7 Å². The smallest absolute Gasteiger partial charge is 0.406 e. The molecule has 0 unspecified atom stereocenters. The second-order valence-electron chi connectivity index (χ2n) is 7.03. The number of para-hydroxylation sites is 1. The van der Waals surface area contributed by atoms with Gasteiger partial charge in [0.05, 0.1) is 11.5 Å². The van der Waals surface area contributed by atoms with Crippen molar-refractivity contribution in [2.24, 2.45) is 0 Å². The molecule has 1 aliphatic heterocycles. The SMILES string of the molecule is O=C(CN1CCN(S(=O)(=O)c2ccccc2[N+](=O)[O-])CC1)Nc1ccc(OC(F)(F)F)cc1. The number of rotatable bonds is 7. The molecule has 178 valence electrons. The maximum absolute atomic E-state index is 12.8. The average Bonchev–Trinajstić information content (AvgIpc) is 2.74. The summed E-state index contributed by atoms with van der Waals surface area (Å²) in [5, 5.41) is 13.7. The van der Waals surface area contributed by atoms with Crippen molar-refractivity contribution < 1.29 is 36.0 Å². The average molecular weight is 488 g/mol. The van der Waals surface area contributed by atoms with Gasteiger partial charge in [-0.15, -0.1) is 13.2 Å². The monoisotopic (exact) mass is 488 g/mol. The Hall–Kier alpha value is -3.23. The molecule has 0 radical (unpaired) electrons. The van der Waals surface area contributed by atoms with Crippen LogP contribution in [0.5, 0.6) is 5.75 Å². The van der Waals surface area contributed by atoms with Crippen LogP contribution in [0, 0.1) is 10.1 Å². The van der Waals surface area contributed by atoms with Crippen molar-refractivity contribution in [2.45, 2.75) is 11.3 Å². The van der Waals surface area contributed by atoms with Crippen LogP contribution >= 0.6 is 0 Å². The summed E-state index contributed by atoms with van der Waals surface area (Å²) in [4.78, 5) is 24.0. The van der Waals surface area contributed by atoms with Crippen molar-refractivity contribution in [1.82, 2.24) is 9.21 Å². The van der Waals surface area contributed by atoms with Gasteiger partial charge in [-0.25, -0.2) is 8.42 Å². The van der Waals surface area contributed by atoms with Crippen LogP contribution in [0.15, 0.2) is 53.4 Å². The molecule has 1 N–H and O–H groups in total. The first-order chi connectivity index (χ1) is 15.5. The Bertz CT molecular complexity index is 1120. The van der Waals surface area contributed by atoms with Crippen LogP contribution in [0.25, 0.3) is 0 Å². The van der Waals surface area contributed by atoms with E-state index in [0.717, 1.165) is 22.5 Å². The number of halogens is 3. The van der Waals surface area contributed by atoms with E-state index in [1.54, 1.807) is 4.90 Å². The first kappa shape index (κ1) is 24.4. The number of benzene rings is 2. The number of anilines is 1. The summed E-state index contributed by atoms with van der Waals surface area (Å²) in [6.45, 7) is 0.424. The van der Waals surface area contributed by atoms with Gasteiger partial charge in [0.2, 0.25) is 15.9 Å². The highest BCUT2D eigenvalue weighted by Crippen LogP contribution is 2.27. The van der Waals surface area contributed by atoms with Gasteiger partial charge in [0.1, 0.15) is 5.75 Å². The fourth-order valence-corrected chi connectivity index (χ4v) is 4.82. The first-order valence-electron chi connectivity index (χ1n) is 9.57. The molecule has 1 aliphatic rings. The van der Waals surface area contributed by atoms with E-state index in [9.17, 15) is 36.5 Å². The number of piperazine rings is 1. The number of ether oxygens (including phenoxy) is 1. The second-order valence-corrected chi connectivity index (χ2v) is 8.93. The van der Waals surface area contributed by atoms with Crippen molar-refractivity contribution in [3.63, 3.8) is 0 Å². The molecule has 1 amide bonds. The van der Waals surface area contributed by atoms with E-state index in [0.29, 0.717) is 0 Å². The van der Waals surface area contributed by atoms with E-state index >= 15 is 0 Å². The summed E-state index contributed by atoms with van der Waals surface area (Å²) >= 11 is 0. The molecule has 2 aromatic carbocycles. The minimum Gasteiger partial charge on any atom is -0.406 e. The van der Waals surface area contributed by atoms with Crippen molar-refractivity contribution in [3.05, 3.63) is 58.6 Å². The van der Waals surface area contributed by atoms with Gasteiger partial charge in [-0.1, -0.05) is 12.1 Å². The maximum atomic E-state index is 12.8. The number of nitro groups is 1. The standard InChI is InChI=1S/C19H19F3N4O6S/c20-19(21,22)32-15-7-5-14(6-8-15)23-18(27)13-24-9-11-25(12-10-24)33(30,31)17-4-2-1-3-16(17)26(28)29/h1-8H,9-13H2,(H,23,27). The fraction of sp³-hybridized carbons (Fsp3) is 0.316. The molecule has 0 aliphatic carbocycles. The molecule has 1 fully saturated rings. The van der Waals surface area contributed by atoms with Crippen LogP contribution in [0.4, 0.5) is 24.5 Å². The Morgan fingerprint density at radius 1 is 1.06 bits per heavy atom. The van der Waals surface area contributed by atoms with E-state index in [-0.39, 0.29) is 43.3 Å². The number of carbonyl (C=O) groups is 1. The quantitative estimate of drug-likeness (QED) is 0.469. The van der Waals surface area contributed by atoms with Crippen LogP contribution in [-0.2, 0) is 14.8 Å². The molecule has 3 rings (SSSR count). The molecule has 1 heterocycles. The zero-order chi connectivity index (χ0) is 24.2. The topological polar surface area (TPSA) is 122 Å². The van der Waals surface area contributed by atoms with Gasteiger partial charge in [-0.05, 0) is 30.3 Å². The third-order valence-electron chi connectivity index (χ3n) is 4.75. The van der Waals surface area contributed by atoms with Crippen LogP contribution in [0.3, 0.4) is 0 Å². The molecule has 33 heavy (non-hydrogen) atoms. The Kier molecular flexibility index (Phi) is 7.19. The van der Waals surface area contributed by atoms with E-state index in [1.807, 2.05) is 0 Å². The van der Waals surface area contributed by atoms with Crippen molar-refractivity contribution >= 4 is 27.3 Å². The molecule has 2 aromatic rings. The lowest BCUT2D eigenvalue weighted by Gasteiger charge is -2.33. The summed E-state index contributed by atoms with van der Waals surface area (Å²) in [7, 11) is -4.08. The molecule has 14 heteroatoms. The van der Waals surface area contributed by atoms with Gasteiger partial charge in [0.15, 0.2) is 4.90 Å². The second kappa shape index (κ2) is 9.72. The Labute approximate surface area is 186 Å². The Morgan fingerprint density at radius 3 is 2.24 bits per heavy atom. The number of nitro benzene ring substituents is 1. The highest BCUT2D eigenvalue weighted by Gasteiger charge is 2.34. The largest absolute Gasteiger partial charge is 0.573 e. The number of amides is 1. The van der Waals surface area contributed by atoms with Crippen LogP contribution in [0.1, 0.15) is 0 Å². The highest BCUT2D eigenvalue weighted by atomic mass is 32.2. The number of alkyl halides is 3. The van der Waals surface area contributed by atoms with Gasteiger partial charge in [-0.3, -0.25) is 19.8 Å². The maximum Gasteiger partial charge on any atom is 0.573 e. The van der Waals surface area contributed by atoms with Crippen molar-refractivity contribution in [2.75, 3.05) is 38.0 Å². The number of sulfonamides is 1. The van der Waals surface area contributed by atoms with Crippen molar-refractivity contribution in [1.29, 1.82) is 0 Å². The number of nitrogens with zero attached hydrogens (tertiary/aromatic N) is 3. The van der Waals surface area contributed by atoms with E-state index in [4.69, 9.17) is 0 Å². The van der Waals surface area contributed by atoms with E-state index in [2.05, 4.69) is 10.1 Å². The summed E-state index contributed by atoms with van der Waals surface area (Å²) in [5.41, 5.74) is -0.238. The predicted molar refractivity (Wildman–Crippen MR) is 110 cm³/mol. The minimum atomic E-state index is -4.81. The van der Waals surface area contributed by atoms with Crippen molar-refractivity contribution in [3.8, 4) is 5.75 Å². The lowest BCUT2D eigenvalue weighted by atomic mass is 10.3. The van der Waals surface area contributed by atoms with Crippen LogP contribution in [-0.4, -0.2) is 67.5 Å². The molecule has 0 spiro atoms. The van der Waals surface area contributed by atoms with Gasteiger partial charge in [-0.2, -0.15) is 4.31 Å². The number of hydrogen-bond acceptors (Lipinski definition) is 7. The van der Waals surface area contributed by atoms with Gasteiger partial charge >= 0.3 is 6.36 Å². The molecule has 10 nitrogen and oxygen atoms in total. The third kappa shape index (κ3) is 6.40. The van der Waals surface area contributed by atoms with Gasteiger partial charge in [0, 0.05) is 37.9 Å². The normalized spacial score (nSPS) is 15.7. The predicted octanol–water partition coefficient (Wildman–Crippen LogP) is 2.44. The molecule has 0 bridgehead atoms. The van der Waals surface area contributed by atoms with Gasteiger partial charge in [0.25, 0.3) is 5.69 Å². The Balaban J connectivity index is 1.54. The summed E-state index contributed by atoms with van der Waals surface area (Å²) in [5.74, 6) is -0.856. The van der Waals surface area contributed by atoms with E-state index in [1.165, 1.54) is 30.3 Å². The minimum absolute atomic E-state index is 0.0329.